The predicted octanol–water partition coefficient (Wildman–Crippen LogP) is 4.75. The number of para-hydroxylation sites is 1. The predicted molar refractivity (Wildman–Crippen MR) is 73.9 cm³/mol. The van der Waals surface area contributed by atoms with E-state index < -0.39 is 11.7 Å². The normalized spacial score (nSPS) is 12.0. The highest BCUT2D eigenvalue weighted by molar-refractivity contribution is 6.33. The van der Waals surface area contributed by atoms with E-state index in [1.54, 1.807) is 12.1 Å². The Labute approximate surface area is 126 Å². The molecule has 0 bridgehead atoms. The molecule has 0 spiro atoms. The van der Waals surface area contributed by atoms with Gasteiger partial charge in [0.1, 0.15) is 5.02 Å². The van der Waals surface area contributed by atoms with Crippen molar-refractivity contribution in [2.24, 2.45) is 0 Å². The van der Waals surface area contributed by atoms with Gasteiger partial charge in [0, 0.05) is 11.6 Å². The van der Waals surface area contributed by atoms with E-state index in [0.717, 1.165) is 6.20 Å². The van der Waals surface area contributed by atoms with Crippen LogP contribution in [0, 0.1) is 0 Å². The maximum Gasteiger partial charge on any atom is 0.418 e. The average Bonchev–Trinajstić information content (AvgIpc) is 2.81. The van der Waals surface area contributed by atoms with E-state index in [1.807, 2.05) is 0 Å². The van der Waals surface area contributed by atoms with E-state index in [-0.39, 0.29) is 21.5 Å². The second-order valence-corrected chi connectivity index (χ2v) is 4.98. The molecule has 0 fully saturated rings. The summed E-state index contributed by atoms with van der Waals surface area (Å²) in [5, 5.41) is 0.0745. The first-order valence-electron chi connectivity index (χ1n) is 5.73. The van der Waals surface area contributed by atoms with Gasteiger partial charge in [-0.15, -0.1) is 0 Å². The van der Waals surface area contributed by atoms with Crippen LogP contribution >= 0.6 is 23.2 Å². The molecule has 8 heteroatoms. The van der Waals surface area contributed by atoms with Crippen molar-refractivity contribution >= 4 is 34.1 Å². The van der Waals surface area contributed by atoms with E-state index in [0.29, 0.717) is 5.52 Å². The van der Waals surface area contributed by atoms with Gasteiger partial charge in [-0.1, -0.05) is 29.8 Å². The summed E-state index contributed by atoms with van der Waals surface area (Å²) in [5.74, 6) is 0.100. The Morgan fingerprint density at radius 2 is 1.81 bits per heavy atom. The Hall–Kier alpha value is -1.79. The van der Waals surface area contributed by atoms with E-state index in [1.165, 1.54) is 22.9 Å². The zero-order valence-electron chi connectivity index (χ0n) is 10.2. The molecule has 0 saturated heterocycles. The summed E-state index contributed by atoms with van der Waals surface area (Å²) in [6.07, 6.45) is -2.28. The third kappa shape index (κ3) is 2.45. The number of fused-ring (bicyclic) bond motifs is 1. The van der Waals surface area contributed by atoms with E-state index in [2.05, 4.69) is 9.97 Å². The molecule has 21 heavy (non-hydrogen) atoms. The van der Waals surface area contributed by atoms with Crippen molar-refractivity contribution in [1.29, 1.82) is 0 Å². The van der Waals surface area contributed by atoms with Gasteiger partial charge in [-0.25, -0.2) is 4.98 Å². The van der Waals surface area contributed by atoms with E-state index in [9.17, 15) is 13.2 Å². The fourth-order valence-electron chi connectivity index (χ4n) is 2.09. The van der Waals surface area contributed by atoms with Crippen LogP contribution in [0.5, 0.6) is 0 Å². The molecule has 0 N–H and O–H groups in total. The van der Waals surface area contributed by atoms with Crippen LogP contribution in [0.3, 0.4) is 0 Å². The van der Waals surface area contributed by atoms with Gasteiger partial charge in [0.15, 0.2) is 5.82 Å². The van der Waals surface area contributed by atoms with Crippen LogP contribution in [0.1, 0.15) is 5.56 Å². The van der Waals surface area contributed by atoms with E-state index >= 15 is 0 Å². The molecule has 2 heterocycles. The van der Waals surface area contributed by atoms with Crippen molar-refractivity contribution < 1.29 is 13.2 Å². The molecule has 108 valence electrons. The van der Waals surface area contributed by atoms with Crippen molar-refractivity contribution in [2.75, 3.05) is 0 Å². The molecule has 0 atom stereocenters. The minimum absolute atomic E-state index is 0.0656. The van der Waals surface area contributed by atoms with Crippen LogP contribution in [0.25, 0.3) is 16.7 Å². The molecule has 3 rings (SSSR count). The lowest BCUT2D eigenvalue weighted by Crippen LogP contribution is -2.04. The number of hydrogen-bond acceptors (Lipinski definition) is 2. The van der Waals surface area contributed by atoms with Gasteiger partial charge >= 0.3 is 6.18 Å². The van der Waals surface area contributed by atoms with Gasteiger partial charge in [-0.05, 0) is 17.7 Å². The maximum absolute atomic E-state index is 13.1. The quantitative estimate of drug-likeness (QED) is 0.602. The third-order valence-corrected chi connectivity index (χ3v) is 3.39. The summed E-state index contributed by atoms with van der Waals surface area (Å²) >= 11 is 11.7. The van der Waals surface area contributed by atoms with Gasteiger partial charge < -0.3 is 0 Å². The Morgan fingerprint density at radius 3 is 2.52 bits per heavy atom. The molecule has 2 aromatic heterocycles. The first-order chi connectivity index (χ1) is 9.88. The van der Waals surface area contributed by atoms with E-state index in [4.69, 9.17) is 23.2 Å². The molecule has 0 aliphatic rings. The van der Waals surface area contributed by atoms with Crippen LogP contribution in [0.15, 0.2) is 36.7 Å². The van der Waals surface area contributed by atoms with Crippen LogP contribution in [-0.2, 0) is 6.18 Å². The first kappa shape index (κ1) is 14.2. The van der Waals surface area contributed by atoms with Crippen molar-refractivity contribution in [3.63, 3.8) is 0 Å². The summed E-state index contributed by atoms with van der Waals surface area (Å²) in [6, 6.07) is 6.12. The number of aromatic nitrogens is 3. The Kier molecular flexibility index (Phi) is 3.30. The molecule has 1 aromatic carbocycles. The highest BCUT2D eigenvalue weighted by atomic mass is 35.5. The van der Waals surface area contributed by atoms with Gasteiger partial charge in [-0.2, -0.15) is 18.2 Å². The van der Waals surface area contributed by atoms with Crippen LogP contribution in [-0.4, -0.2) is 14.5 Å². The summed E-state index contributed by atoms with van der Waals surface area (Å²) in [6.45, 7) is 0. The number of rotatable bonds is 1. The molecule has 0 aliphatic carbocycles. The summed E-state index contributed by atoms with van der Waals surface area (Å²) < 4.78 is 40.6. The molecule has 0 unspecified atom stereocenters. The zero-order valence-corrected chi connectivity index (χ0v) is 11.7. The number of hydrogen-bond donors (Lipinski definition) is 0. The number of halogens is 5. The fraction of sp³-hybridized carbons (Fsp3) is 0.0769. The van der Waals surface area contributed by atoms with Gasteiger partial charge in [0.2, 0.25) is 5.28 Å². The second kappa shape index (κ2) is 4.89. The number of benzene rings is 1. The third-order valence-electron chi connectivity index (χ3n) is 2.94. The molecule has 0 radical (unpaired) electrons. The van der Waals surface area contributed by atoms with Crippen molar-refractivity contribution in [3.8, 4) is 5.82 Å². The number of alkyl halides is 3. The Bertz CT molecular complexity index is 827. The van der Waals surface area contributed by atoms with Crippen LogP contribution in [0.2, 0.25) is 10.3 Å². The molecule has 0 amide bonds. The van der Waals surface area contributed by atoms with Crippen LogP contribution < -0.4 is 0 Å². The SMILES string of the molecule is FC(F)(F)c1cn(-c2nc(Cl)ncc2Cl)c2ccccc12. The Morgan fingerprint density at radius 1 is 1.10 bits per heavy atom. The first-order valence-corrected chi connectivity index (χ1v) is 6.49. The molecule has 3 nitrogen and oxygen atoms in total. The molecule has 0 aliphatic heterocycles. The van der Waals surface area contributed by atoms with Gasteiger partial charge in [-0.3, -0.25) is 4.57 Å². The molecule has 0 saturated carbocycles. The van der Waals surface area contributed by atoms with Crippen molar-refractivity contribution in [1.82, 2.24) is 14.5 Å². The van der Waals surface area contributed by atoms with Gasteiger partial charge in [0.05, 0.1) is 17.3 Å². The summed E-state index contributed by atoms with van der Waals surface area (Å²) in [4.78, 5) is 7.59. The summed E-state index contributed by atoms with van der Waals surface area (Å²) in [5.41, 5.74) is -0.426. The van der Waals surface area contributed by atoms with Crippen LogP contribution in [0.4, 0.5) is 13.2 Å². The minimum Gasteiger partial charge on any atom is -0.299 e. The van der Waals surface area contributed by atoms with Crippen molar-refractivity contribution in [3.05, 3.63) is 52.5 Å². The second-order valence-electron chi connectivity index (χ2n) is 4.24. The topological polar surface area (TPSA) is 30.7 Å². The summed E-state index contributed by atoms with van der Waals surface area (Å²) in [7, 11) is 0. The van der Waals surface area contributed by atoms with Crippen molar-refractivity contribution in [2.45, 2.75) is 6.18 Å². The monoisotopic (exact) mass is 331 g/mol. The minimum atomic E-state index is -4.48. The molecular formula is C13H6Cl2F3N3. The molecule has 3 aromatic rings. The highest BCUT2D eigenvalue weighted by Crippen LogP contribution is 2.37. The highest BCUT2D eigenvalue weighted by Gasteiger charge is 2.34. The lowest BCUT2D eigenvalue weighted by Gasteiger charge is -2.06. The lowest BCUT2D eigenvalue weighted by molar-refractivity contribution is -0.136. The fourth-order valence-corrected chi connectivity index (χ4v) is 2.40. The lowest BCUT2D eigenvalue weighted by atomic mass is 10.2. The van der Waals surface area contributed by atoms with Gasteiger partial charge in [0.25, 0.3) is 0 Å². The zero-order chi connectivity index (χ0) is 15.2. The Balaban J connectivity index is 2.36. The molecular weight excluding hydrogens is 326 g/mol. The standard InChI is InChI=1S/C13H6Cl2F3N3/c14-9-5-19-12(15)20-11(9)21-6-8(13(16,17)18)7-3-1-2-4-10(7)21/h1-6H. The average molecular weight is 332 g/mol. The smallest absolute Gasteiger partial charge is 0.299 e. The number of nitrogens with zero attached hydrogens (tertiary/aromatic N) is 3. The largest absolute Gasteiger partial charge is 0.418 e. The maximum atomic E-state index is 13.1.